The number of nitrogens with two attached hydrogens (primary N) is 1. The highest BCUT2D eigenvalue weighted by atomic mass is 32.2. The van der Waals surface area contributed by atoms with E-state index in [4.69, 9.17) is 5.73 Å². The van der Waals surface area contributed by atoms with Crippen LogP contribution in [0.4, 0.5) is 5.69 Å². The summed E-state index contributed by atoms with van der Waals surface area (Å²) in [4.78, 5) is 2.38. The Kier molecular flexibility index (Phi) is 3.15. The fourth-order valence-electron chi connectivity index (χ4n) is 0.839. The molecule has 0 aliphatic carbocycles. The summed E-state index contributed by atoms with van der Waals surface area (Å²) < 4.78 is 0. The average molecular weight is 185 g/mol. The molecule has 0 unspecified atom stereocenters. The third-order valence-electron chi connectivity index (χ3n) is 1.44. The SMILES string of the molecule is CSc1ccc(SC)c(N)c1. The second kappa shape index (κ2) is 3.93. The van der Waals surface area contributed by atoms with Crippen LogP contribution in [-0.4, -0.2) is 12.5 Å². The van der Waals surface area contributed by atoms with Gasteiger partial charge in [0.15, 0.2) is 0 Å². The van der Waals surface area contributed by atoms with Gasteiger partial charge in [-0.1, -0.05) is 0 Å². The van der Waals surface area contributed by atoms with E-state index in [1.165, 1.54) is 4.90 Å². The number of anilines is 1. The summed E-state index contributed by atoms with van der Waals surface area (Å²) in [6.07, 6.45) is 4.08. The van der Waals surface area contributed by atoms with E-state index in [1.807, 2.05) is 18.6 Å². The van der Waals surface area contributed by atoms with E-state index >= 15 is 0 Å². The van der Waals surface area contributed by atoms with Crippen LogP contribution in [0.2, 0.25) is 0 Å². The fraction of sp³-hybridized carbons (Fsp3) is 0.250. The number of benzene rings is 1. The van der Waals surface area contributed by atoms with Crippen LogP contribution in [0.15, 0.2) is 28.0 Å². The van der Waals surface area contributed by atoms with Crippen LogP contribution in [0.1, 0.15) is 0 Å². The Morgan fingerprint density at radius 1 is 1.18 bits per heavy atom. The molecule has 0 aliphatic heterocycles. The molecule has 60 valence electrons. The van der Waals surface area contributed by atoms with Gasteiger partial charge in [0.2, 0.25) is 0 Å². The molecule has 1 nitrogen and oxygen atoms in total. The van der Waals surface area contributed by atoms with Gasteiger partial charge in [0, 0.05) is 15.5 Å². The van der Waals surface area contributed by atoms with Crippen molar-refractivity contribution < 1.29 is 0 Å². The quantitative estimate of drug-likeness (QED) is 0.566. The van der Waals surface area contributed by atoms with E-state index in [9.17, 15) is 0 Å². The van der Waals surface area contributed by atoms with Crippen LogP contribution in [0.25, 0.3) is 0 Å². The largest absolute Gasteiger partial charge is 0.398 e. The Bertz CT molecular complexity index is 248. The summed E-state index contributed by atoms with van der Waals surface area (Å²) in [6.45, 7) is 0. The van der Waals surface area contributed by atoms with Crippen molar-refractivity contribution in [1.82, 2.24) is 0 Å². The molecule has 1 aromatic rings. The highest BCUT2D eigenvalue weighted by Gasteiger charge is 1.97. The molecule has 11 heavy (non-hydrogen) atoms. The molecule has 0 atom stereocenters. The first-order chi connectivity index (χ1) is 5.27. The van der Waals surface area contributed by atoms with E-state index in [2.05, 4.69) is 12.1 Å². The Balaban J connectivity index is 2.99. The molecule has 2 N–H and O–H groups in total. The minimum atomic E-state index is 0.879. The minimum absolute atomic E-state index is 0.879. The lowest BCUT2D eigenvalue weighted by atomic mass is 10.3. The van der Waals surface area contributed by atoms with Crippen molar-refractivity contribution in [2.24, 2.45) is 0 Å². The predicted molar refractivity (Wildman–Crippen MR) is 54.4 cm³/mol. The molecule has 0 amide bonds. The zero-order valence-corrected chi connectivity index (χ0v) is 8.26. The van der Waals surface area contributed by atoms with Gasteiger partial charge in [-0.25, -0.2) is 0 Å². The zero-order chi connectivity index (χ0) is 8.27. The Hall–Kier alpha value is -0.280. The van der Waals surface area contributed by atoms with E-state index in [-0.39, 0.29) is 0 Å². The van der Waals surface area contributed by atoms with Crippen LogP contribution in [0.3, 0.4) is 0 Å². The molecular weight excluding hydrogens is 174 g/mol. The smallest absolute Gasteiger partial charge is 0.0463 e. The molecule has 1 aromatic carbocycles. The summed E-state index contributed by atoms with van der Waals surface area (Å²) >= 11 is 3.39. The summed E-state index contributed by atoms with van der Waals surface area (Å²) in [5.74, 6) is 0. The van der Waals surface area contributed by atoms with Gasteiger partial charge in [-0.15, -0.1) is 23.5 Å². The highest BCUT2D eigenvalue weighted by molar-refractivity contribution is 7.99. The maximum atomic E-state index is 5.77. The van der Waals surface area contributed by atoms with Crippen molar-refractivity contribution in [2.45, 2.75) is 9.79 Å². The van der Waals surface area contributed by atoms with Crippen LogP contribution in [0, 0.1) is 0 Å². The number of rotatable bonds is 2. The lowest BCUT2D eigenvalue weighted by Gasteiger charge is -2.03. The summed E-state index contributed by atoms with van der Waals surface area (Å²) in [5.41, 5.74) is 6.65. The van der Waals surface area contributed by atoms with E-state index in [1.54, 1.807) is 23.5 Å². The average Bonchev–Trinajstić information content (AvgIpc) is 2.04. The van der Waals surface area contributed by atoms with Gasteiger partial charge in [-0.05, 0) is 30.7 Å². The van der Waals surface area contributed by atoms with Crippen LogP contribution < -0.4 is 5.73 Å². The van der Waals surface area contributed by atoms with Crippen LogP contribution in [0.5, 0.6) is 0 Å². The molecule has 3 heteroatoms. The van der Waals surface area contributed by atoms with Crippen LogP contribution >= 0.6 is 23.5 Å². The minimum Gasteiger partial charge on any atom is -0.398 e. The lowest BCUT2D eigenvalue weighted by molar-refractivity contribution is 1.36. The van der Waals surface area contributed by atoms with Crippen LogP contribution in [-0.2, 0) is 0 Å². The lowest BCUT2D eigenvalue weighted by Crippen LogP contribution is -1.87. The van der Waals surface area contributed by atoms with Crippen molar-refractivity contribution in [3.05, 3.63) is 18.2 Å². The normalized spacial score (nSPS) is 10.0. The molecule has 0 bridgehead atoms. The molecule has 0 fully saturated rings. The van der Waals surface area contributed by atoms with Gasteiger partial charge >= 0.3 is 0 Å². The third-order valence-corrected chi connectivity index (χ3v) is 2.97. The Morgan fingerprint density at radius 3 is 2.36 bits per heavy atom. The molecule has 0 aliphatic rings. The number of thioether (sulfide) groups is 2. The maximum Gasteiger partial charge on any atom is 0.0463 e. The first-order valence-corrected chi connectivity index (χ1v) is 5.70. The number of hydrogen-bond acceptors (Lipinski definition) is 3. The van der Waals surface area contributed by atoms with E-state index < -0.39 is 0 Å². The topological polar surface area (TPSA) is 26.0 Å². The maximum absolute atomic E-state index is 5.77. The first kappa shape index (κ1) is 8.81. The molecule has 0 spiro atoms. The Labute approximate surface area is 75.7 Å². The number of hydrogen-bond donors (Lipinski definition) is 1. The van der Waals surface area contributed by atoms with Gasteiger partial charge in [0.1, 0.15) is 0 Å². The van der Waals surface area contributed by atoms with Crippen molar-refractivity contribution >= 4 is 29.2 Å². The summed E-state index contributed by atoms with van der Waals surface area (Å²) in [7, 11) is 0. The molecule has 0 saturated carbocycles. The van der Waals surface area contributed by atoms with Gasteiger partial charge in [0.05, 0.1) is 0 Å². The highest BCUT2D eigenvalue weighted by Crippen LogP contribution is 2.26. The molecular formula is C8H11NS2. The second-order valence-electron chi connectivity index (χ2n) is 2.11. The summed E-state index contributed by atoms with van der Waals surface area (Å²) in [6, 6.07) is 6.16. The number of nitrogen functional groups attached to an aromatic ring is 1. The molecule has 0 saturated heterocycles. The van der Waals surface area contributed by atoms with Gasteiger partial charge < -0.3 is 5.73 Å². The molecule has 0 aromatic heterocycles. The summed E-state index contributed by atoms with van der Waals surface area (Å²) in [5, 5.41) is 0. The fourth-order valence-corrected chi connectivity index (χ4v) is 1.79. The van der Waals surface area contributed by atoms with E-state index in [0.717, 1.165) is 10.6 Å². The van der Waals surface area contributed by atoms with Crippen molar-refractivity contribution in [3.8, 4) is 0 Å². The first-order valence-electron chi connectivity index (χ1n) is 3.25. The predicted octanol–water partition coefficient (Wildman–Crippen LogP) is 2.71. The van der Waals surface area contributed by atoms with Gasteiger partial charge in [-0.2, -0.15) is 0 Å². The zero-order valence-electron chi connectivity index (χ0n) is 6.63. The van der Waals surface area contributed by atoms with Gasteiger partial charge in [-0.3, -0.25) is 0 Å². The van der Waals surface area contributed by atoms with Gasteiger partial charge in [0.25, 0.3) is 0 Å². The molecule has 0 heterocycles. The monoisotopic (exact) mass is 185 g/mol. The standard InChI is InChI=1S/C8H11NS2/c1-10-6-3-4-8(11-2)7(9)5-6/h3-5H,9H2,1-2H3. The Morgan fingerprint density at radius 2 is 1.91 bits per heavy atom. The van der Waals surface area contributed by atoms with Crippen molar-refractivity contribution in [2.75, 3.05) is 18.2 Å². The molecule has 1 rings (SSSR count). The third kappa shape index (κ3) is 2.07. The van der Waals surface area contributed by atoms with Crippen molar-refractivity contribution in [3.63, 3.8) is 0 Å². The second-order valence-corrected chi connectivity index (χ2v) is 3.84. The van der Waals surface area contributed by atoms with E-state index in [0.29, 0.717) is 0 Å². The van der Waals surface area contributed by atoms with Crippen molar-refractivity contribution in [1.29, 1.82) is 0 Å². The molecule has 0 radical (unpaired) electrons.